The van der Waals surface area contributed by atoms with Gasteiger partial charge in [-0.3, -0.25) is 0 Å². The highest BCUT2D eigenvalue weighted by molar-refractivity contribution is 5.82. The van der Waals surface area contributed by atoms with E-state index in [0.717, 1.165) is 47.8 Å². The molecule has 0 aliphatic rings. The Kier molecular flexibility index (Phi) is 5.54. The van der Waals surface area contributed by atoms with E-state index >= 15 is 0 Å². The van der Waals surface area contributed by atoms with E-state index in [2.05, 4.69) is 6.92 Å². The van der Waals surface area contributed by atoms with Crippen LogP contribution >= 0.6 is 0 Å². The Morgan fingerprint density at radius 2 is 1.84 bits per heavy atom. The first-order valence-corrected chi connectivity index (χ1v) is 8.92. The van der Waals surface area contributed by atoms with Crippen LogP contribution in [0.1, 0.15) is 42.9 Å². The Morgan fingerprint density at radius 3 is 2.60 bits per heavy atom. The zero-order valence-corrected chi connectivity index (χ0v) is 14.9. The van der Waals surface area contributed by atoms with E-state index in [1.165, 1.54) is 0 Å². The maximum Gasteiger partial charge on any atom is 0.339 e. The molecule has 25 heavy (non-hydrogen) atoms. The lowest BCUT2D eigenvalue weighted by Gasteiger charge is -2.10. The quantitative estimate of drug-likeness (QED) is 0.427. The van der Waals surface area contributed by atoms with Crippen molar-refractivity contribution in [1.82, 2.24) is 0 Å². The molecule has 0 bridgehead atoms. The largest absolute Gasteiger partial charge is 0.489 e. The van der Waals surface area contributed by atoms with Crippen LogP contribution in [0.5, 0.6) is 5.75 Å². The molecule has 3 nitrogen and oxygen atoms in total. The van der Waals surface area contributed by atoms with Crippen molar-refractivity contribution in [3.05, 3.63) is 75.6 Å². The number of hydrogen-bond acceptors (Lipinski definition) is 3. The van der Waals surface area contributed by atoms with Crippen molar-refractivity contribution in [1.29, 1.82) is 0 Å². The summed E-state index contributed by atoms with van der Waals surface area (Å²) in [4.78, 5) is 12.3. The molecule has 0 aliphatic carbocycles. The summed E-state index contributed by atoms with van der Waals surface area (Å²) in [5.41, 5.74) is 3.30. The van der Waals surface area contributed by atoms with E-state index in [-0.39, 0.29) is 5.63 Å². The van der Waals surface area contributed by atoms with Gasteiger partial charge in [-0.2, -0.15) is 0 Å². The molecule has 0 saturated carbocycles. The maximum absolute atomic E-state index is 12.3. The molecule has 0 N–H and O–H groups in total. The lowest BCUT2D eigenvalue weighted by molar-refractivity contribution is 0.306. The molecule has 0 radical (unpaired) electrons. The highest BCUT2D eigenvalue weighted by Crippen LogP contribution is 2.25. The Morgan fingerprint density at radius 1 is 1.04 bits per heavy atom. The Bertz CT molecular complexity index is 894. The molecule has 1 heterocycles. The van der Waals surface area contributed by atoms with Crippen molar-refractivity contribution in [3.63, 3.8) is 0 Å². The molecular weight excluding hydrogens is 312 g/mol. The molecule has 0 unspecified atom stereocenters. The van der Waals surface area contributed by atoms with E-state index in [0.29, 0.717) is 17.9 Å². The molecule has 3 heteroatoms. The topological polar surface area (TPSA) is 39.4 Å². The van der Waals surface area contributed by atoms with Crippen molar-refractivity contribution in [2.24, 2.45) is 0 Å². The molecular formula is C22H24O3. The summed E-state index contributed by atoms with van der Waals surface area (Å²) in [6.45, 7) is 4.66. The second-order valence-corrected chi connectivity index (χ2v) is 6.38. The van der Waals surface area contributed by atoms with Crippen LogP contribution in [-0.4, -0.2) is 0 Å². The first kappa shape index (κ1) is 17.3. The smallest absolute Gasteiger partial charge is 0.339 e. The third-order valence-electron chi connectivity index (χ3n) is 4.54. The highest BCUT2D eigenvalue weighted by Gasteiger charge is 2.12. The predicted octanol–water partition coefficient (Wildman–Crippen LogP) is 5.41. The summed E-state index contributed by atoms with van der Waals surface area (Å²) in [6.07, 6.45) is 4.07. The normalized spacial score (nSPS) is 11.0. The number of fused-ring (bicyclic) bond motifs is 1. The van der Waals surface area contributed by atoms with Crippen molar-refractivity contribution in [2.45, 2.75) is 46.1 Å². The van der Waals surface area contributed by atoms with E-state index < -0.39 is 0 Å². The second-order valence-electron chi connectivity index (χ2n) is 6.38. The number of benzene rings is 2. The fourth-order valence-electron chi connectivity index (χ4n) is 3.05. The first-order chi connectivity index (χ1) is 12.2. The average Bonchev–Trinajstić information content (AvgIpc) is 2.63. The Labute approximate surface area is 148 Å². The monoisotopic (exact) mass is 336 g/mol. The molecule has 3 rings (SSSR count). The lowest BCUT2D eigenvalue weighted by Crippen LogP contribution is -2.10. The van der Waals surface area contributed by atoms with Crippen molar-refractivity contribution in [3.8, 4) is 5.75 Å². The third kappa shape index (κ3) is 4.11. The van der Waals surface area contributed by atoms with Crippen LogP contribution in [0.2, 0.25) is 0 Å². The molecule has 0 amide bonds. The van der Waals surface area contributed by atoms with Gasteiger partial charge in [0.05, 0.1) is 0 Å². The molecule has 0 saturated heterocycles. The van der Waals surface area contributed by atoms with Gasteiger partial charge in [-0.05, 0) is 43.0 Å². The molecule has 130 valence electrons. The maximum atomic E-state index is 12.3. The lowest BCUT2D eigenvalue weighted by atomic mass is 10.0. The standard InChI is InChI=1S/C22H24O3/c1-3-4-6-11-20-16(2)19-13-12-18(14-21(19)25-22(20)23)24-15-17-9-7-5-8-10-17/h5,7-10,12-14H,3-4,6,11,15H2,1-2H3. The van der Waals surface area contributed by atoms with Gasteiger partial charge < -0.3 is 9.15 Å². The highest BCUT2D eigenvalue weighted by atomic mass is 16.5. The minimum absolute atomic E-state index is 0.221. The average molecular weight is 336 g/mol. The van der Waals surface area contributed by atoms with Crippen LogP contribution in [0.25, 0.3) is 11.0 Å². The summed E-state index contributed by atoms with van der Waals surface area (Å²) < 4.78 is 11.4. The molecule has 0 spiro atoms. The fraction of sp³-hybridized carbons (Fsp3) is 0.318. The Balaban J connectivity index is 1.83. The van der Waals surface area contributed by atoms with Gasteiger partial charge >= 0.3 is 5.63 Å². The van der Waals surface area contributed by atoms with Crippen LogP contribution in [0, 0.1) is 6.92 Å². The molecule has 0 aliphatic heterocycles. The van der Waals surface area contributed by atoms with Gasteiger partial charge in [-0.15, -0.1) is 0 Å². The van der Waals surface area contributed by atoms with E-state index in [9.17, 15) is 4.79 Å². The zero-order chi connectivity index (χ0) is 17.6. The minimum atomic E-state index is -0.221. The van der Waals surface area contributed by atoms with Gasteiger partial charge in [0.1, 0.15) is 17.9 Å². The van der Waals surface area contributed by atoms with Crippen LogP contribution in [0.3, 0.4) is 0 Å². The van der Waals surface area contributed by atoms with E-state index in [4.69, 9.17) is 9.15 Å². The van der Waals surface area contributed by atoms with Gasteiger partial charge in [0, 0.05) is 17.0 Å². The molecule has 3 aromatic rings. The van der Waals surface area contributed by atoms with Gasteiger partial charge in [-0.25, -0.2) is 4.79 Å². The Hall–Kier alpha value is -2.55. The SMILES string of the molecule is CCCCCc1c(C)c2ccc(OCc3ccccc3)cc2oc1=O. The molecule has 0 atom stereocenters. The van der Waals surface area contributed by atoms with Crippen molar-refractivity contribution >= 4 is 11.0 Å². The number of unbranched alkanes of at least 4 members (excludes halogenated alkanes) is 2. The number of aryl methyl sites for hydroxylation is 1. The number of hydrogen-bond donors (Lipinski definition) is 0. The van der Waals surface area contributed by atoms with Crippen LogP contribution in [0.4, 0.5) is 0 Å². The van der Waals surface area contributed by atoms with Crippen LogP contribution in [0.15, 0.2) is 57.7 Å². The molecule has 0 fully saturated rings. The predicted molar refractivity (Wildman–Crippen MR) is 101 cm³/mol. The molecule has 1 aromatic heterocycles. The van der Waals surface area contributed by atoms with Crippen LogP contribution < -0.4 is 10.4 Å². The minimum Gasteiger partial charge on any atom is -0.489 e. The van der Waals surface area contributed by atoms with Crippen molar-refractivity contribution in [2.75, 3.05) is 0 Å². The summed E-state index contributed by atoms with van der Waals surface area (Å²) in [5.74, 6) is 0.706. The van der Waals surface area contributed by atoms with Gasteiger partial charge in [0.25, 0.3) is 0 Å². The fourth-order valence-corrected chi connectivity index (χ4v) is 3.05. The molecule has 2 aromatic carbocycles. The van der Waals surface area contributed by atoms with Gasteiger partial charge in [0.15, 0.2) is 0 Å². The summed E-state index contributed by atoms with van der Waals surface area (Å²) in [6, 6.07) is 15.7. The number of ether oxygens (including phenoxy) is 1. The third-order valence-corrected chi connectivity index (χ3v) is 4.54. The zero-order valence-electron chi connectivity index (χ0n) is 14.9. The van der Waals surface area contributed by atoms with Gasteiger partial charge in [0.2, 0.25) is 0 Å². The van der Waals surface area contributed by atoms with Crippen LogP contribution in [-0.2, 0) is 13.0 Å². The number of rotatable bonds is 7. The second kappa shape index (κ2) is 8.02. The van der Waals surface area contributed by atoms with Crippen molar-refractivity contribution < 1.29 is 9.15 Å². The first-order valence-electron chi connectivity index (χ1n) is 8.92. The summed E-state index contributed by atoms with van der Waals surface area (Å²) in [7, 11) is 0. The van der Waals surface area contributed by atoms with Gasteiger partial charge in [-0.1, -0.05) is 50.1 Å². The van der Waals surface area contributed by atoms with E-state index in [1.807, 2.05) is 55.5 Å². The van der Waals surface area contributed by atoms with E-state index in [1.54, 1.807) is 0 Å². The summed E-state index contributed by atoms with van der Waals surface area (Å²) in [5, 5.41) is 0.984. The summed E-state index contributed by atoms with van der Waals surface area (Å²) >= 11 is 0.